The summed E-state index contributed by atoms with van der Waals surface area (Å²) < 4.78 is 3.17. The smallest absolute Gasteiger partial charge is 0.322 e. The lowest BCUT2D eigenvalue weighted by Gasteiger charge is -2.11. The Morgan fingerprint density at radius 1 is 0.929 bits per heavy atom. The van der Waals surface area contributed by atoms with Crippen LogP contribution in [0.3, 0.4) is 0 Å². The van der Waals surface area contributed by atoms with Crippen molar-refractivity contribution in [2.24, 2.45) is 7.05 Å². The lowest BCUT2D eigenvalue weighted by molar-refractivity contribution is 0.102. The van der Waals surface area contributed by atoms with Crippen molar-refractivity contribution in [3.05, 3.63) is 106 Å². The van der Waals surface area contributed by atoms with E-state index < -0.39 is 6.03 Å². The van der Waals surface area contributed by atoms with Gasteiger partial charge >= 0.3 is 6.03 Å². The van der Waals surface area contributed by atoms with Gasteiger partial charge in [0.25, 0.3) is 11.5 Å². The third-order valence-corrected chi connectivity index (χ3v) is 6.98. The van der Waals surface area contributed by atoms with E-state index >= 15 is 0 Å². The van der Waals surface area contributed by atoms with E-state index in [0.717, 1.165) is 18.7 Å². The van der Waals surface area contributed by atoms with Crippen LogP contribution < -0.4 is 21.5 Å². The van der Waals surface area contributed by atoms with Crippen LogP contribution >= 0.6 is 11.6 Å². The summed E-state index contributed by atoms with van der Waals surface area (Å²) in [5.41, 5.74) is 3.00. The molecule has 0 saturated heterocycles. The van der Waals surface area contributed by atoms with E-state index in [4.69, 9.17) is 16.6 Å². The van der Waals surface area contributed by atoms with E-state index in [2.05, 4.69) is 21.0 Å². The first-order chi connectivity index (χ1) is 20.4. The van der Waals surface area contributed by atoms with Crippen molar-refractivity contribution in [2.75, 3.05) is 16.0 Å². The first-order valence-electron chi connectivity index (χ1n) is 13.7. The standard InChI is InChI=1S/C29H24ClN7O3.C2H6/c1-36-26(17-9-10-17)34-25-14-19(11-12-22(25)28(36)39)32-27(38)18-5-4-6-21(13-18)37-16-20(15-31-37)33-29(40)35-24-8-3-2-7-23(24)30;1-2/h2-8,11-17H,9-10H2,1H3,(H,32,38)(H2,33,35,40);1-2H3. The fraction of sp³-hybridized carbons (Fsp3) is 0.194. The minimum Gasteiger partial charge on any atom is -0.322 e. The molecule has 3 N–H and O–H groups in total. The number of nitrogens with zero attached hydrogens (tertiary/aromatic N) is 4. The average molecular weight is 584 g/mol. The quantitative estimate of drug-likeness (QED) is 0.208. The Labute approximate surface area is 247 Å². The fourth-order valence-corrected chi connectivity index (χ4v) is 4.62. The van der Waals surface area contributed by atoms with Crippen molar-refractivity contribution >= 4 is 51.5 Å². The summed E-state index contributed by atoms with van der Waals surface area (Å²) in [6.07, 6.45) is 5.20. The molecule has 0 aliphatic heterocycles. The summed E-state index contributed by atoms with van der Waals surface area (Å²) >= 11 is 6.10. The van der Waals surface area contributed by atoms with Gasteiger partial charge in [0.05, 0.1) is 45.4 Å². The van der Waals surface area contributed by atoms with Crippen molar-refractivity contribution in [2.45, 2.75) is 32.6 Å². The maximum absolute atomic E-state index is 13.1. The topological polar surface area (TPSA) is 123 Å². The highest BCUT2D eigenvalue weighted by Gasteiger charge is 2.28. The predicted molar refractivity (Wildman–Crippen MR) is 166 cm³/mol. The molecule has 1 aliphatic carbocycles. The summed E-state index contributed by atoms with van der Waals surface area (Å²) in [7, 11) is 1.75. The normalized spacial score (nSPS) is 12.3. The summed E-state index contributed by atoms with van der Waals surface area (Å²) in [5.74, 6) is 0.776. The number of nitrogens with one attached hydrogen (secondary N) is 3. The first kappa shape index (κ1) is 28.6. The van der Waals surface area contributed by atoms with Crippen LogP contribution in [0.15, 0.2) is 83.9 Å². The van der Waals surface area contributed by atoms with E-state index in [1.807, 2.05) is 13.8 Å². The van der Waals surface area contributed by atoms with Crippen molar-refractivity contribution in [1.29, 1.82) is 0 Å². The van der Waals surface area contributed by atoms with Crippen LogP contribution in [0, 0.1) is 0 Å². The number of hydrogen-bond acceptors (Lipinski definition) is 5. The second-order valence-corrected chi connectivity index (χ2v) is 9.98. The minimum absolute atomic E-state index is 0.0908. The van der Waals surface area contributed by atoms with Gasteiger partial charge in [-0.1, -0.05) is 43.6 Å². The molecule has 0 spiro atoms. The van der Waals surface area contributed by atoms with Crippen molar-refractivity contribution in [1.82, 2.24) is 19.3 Å². The van der Waals surface area contributed by atoms with E-state index in [1.54, 1.807) is 89.2 Å². The molecule has 3 amide bonds. The van der Waals surface area contributed by atoms with Crippen LogP contribution in [0.25, 0.3) is 16.6 Å². The van der Waals surface area contributed by atoms with E-state index in [9.17, 15) is 14.4 Å². The molecule has 1 aliphatic rings. The lowest BCUT2D eigenvalue weighted by atomic mass is 10.1. The maximum Gasteiger partial charge on any atom is 0.323 e. The number of benzene rings is 3. The summed E-state index contributed by atoms with van der Waals surface area (Å²) in [6, 6.07) is 18.5. The Morgan fingerprint density at radius 3 is 2.48 bits per heavy atom. The predicted octanol–water partition coefficient (Wildman–Crippen LogP) is 6.57. The van der Waals surface area contributed by atoms with Crippen molar-refractivity contribution < 1.29 is 9.59 Å². The number of carbonyl (C=O) groups excluding carboxylic acids is 2. The largest absolute Gasteiger partial charge is 0.323 e. The van der Waals surface area contributed by atoms with Gasteiger partial charge in [-0.25, -0.2) is 14.5 Å². The first-order valence-corrected chi connectivity index (χ1v) is 14.0. The highest BCUT2D eigenvalue weighted by molar-refractivity contribution is 6.33. The zero-order chi connectivity index (χ0) is 29.8. The van der Waals surface area contributed by atoms with Crippen LogP contribution in [0.2, 0.25) is 5.02 Å². The van der Waals surface area contributed by atoms with Gasteiger partial charge in [0.2, 0.25) is 0 Å². The van der Waals surface area contributed by atoms with Crippen LogP contribution in [0.1, 0.15) is 48.8 Å². The molecular formula is C31H30ClN7O3. The van der Waals surface area contributed by atoms with E-state index in [1.165, 1.54) is 6.20 Å². The number of fused-ring (bicyclic) bond motifs is 1. The van der Waals surface area contributed by atoms with Crippen LogP contribution in [0.4, 0.5) is 21.9 Å². The minimum atomic E-state index is -0.465. The van der Waals surface area contributed by atoms with Gasteiger partial charge in [-0.05, 0) is 61.4 Å². The summed E-state index contributed by atoms with van der Waals surface area (Å²) in [5, 5.41) is 13.5. The van der Waals surface area contributed by atoms with Gasteiger partial charge in [-0.3, -0.25) is 14.2 Å². The highest BCUT2D eigenvalue weighted by atomic mass is 35.5. The summed E-state index contributed by atoms with van der Waals surface area (Å²) in [6.45, 7) is 4.00. The van der Waals surface area contributed by atoms with Crippen LogP contribution in [0.5, 0.6) is 0 Å². The van der Waals surface area contributed by atoms with Gasteiger partial charge in [0, 0.05) is 24.2 Å². The number of amides is 3. The fourth-order valence-electron chi connectivity index (χ4n) is 4.44. The molecule has 11 heteroatoms. The Bertz CT molecular complexity index is 1840. The molecule has 1 fully saturated rings. The Hall–Kier alpha value is -4.96. The third kappa shape index (κ3) is 6.18. The molecule has 5 aromatic rings. The zero-order valence-electron chi connectivity index (χ0n) is 23.4. The molecule has 0 bridgehead atoms. The number of halogens is 1. The molecule has 0 atom stereocenters. The lowest BCUT2D eigenvalue weighted by Crippen LogP contribution is -2.22. The zero-order valence-corrected chi connectivity index (χ0v) is 24.1. The Kier molecular flexibility index (Phi) is 8.35. The van der Waals surface area contributed by atoms with Crippen molar-refractivity contribution in [3.8, 4) is 5.69 Å². The number of anilines is 3. The van der Waals surface area contributed by atoms with Gasteiger partial charge in [-0.2, -0.15) is 5.10 Å². The maximum atomic E-state index is 13.1. The second-order valence-electron chi connectivity index (χ2n) is 9.58. The number of urea groups is 1. The average Bonchev–Trinajstić information content (AvgIpc) is 3.74. The number of carbonyl (C=O) groups is 2. The molecule has 2 heterocycles. The monoisotopic (exact) mass is 583 g/mol. The van der Waals surface area contributed by atoms with E-state index in [-0.39, 0.29) is 11.5 Å². The molecule has 0 unspecified atom stereocenters. The van der Waals surface area contributed by atoms with Gasteiger partial charge in [-0.15, -0.1) is 0 Å². The number of rotatable bonds is 6. The molecular weight excluding hydrogens is 554 g/mol. The summed E-state index contributed by atoms with van der Waals surface area (Å²) in [4.78, 5) is 42.9. The van der Waals surface area contributed by atoms with Crippen LogP contribution in [-0.2, 0) is 7.05 Å². The Balaban J connectivity index is 0.00000173. The Morgan fingerprint density at radius 2 is 1.71 bits per heavy atom. The molecule has 2 aromatic heterocycles. The molecule has 10 nitrogen and oxygen atoms in total. The highest BCUT2D eigenvalue weighted by Crippen LogP contribution is 2.38. The van der Waals surface area contributed by atoms with Gasteiger partial charge in [0.15, 0.2) is 0 Å². The number of aromatic nitrogens is 4. The molecule has 214 valence electrons. The van der Waals surface area contributed by atoms with Gasteiger partial charge < -0.3 is 16.0 Å². The SMILES string of the molecule is CC.Cn1c(C2CC2)nc2cc(NC(=O)c3cccc(-n4cc(NC(=O)Nc5ccccc5Cl)cn4)c3)ccc2c1=O. The molecule has 6 rings (SSSR count). The van der Waals surface area contributed by atoms with Gasteiger partial charge in [0.1, 0.15) is 5.82 Å². The van der Waals surface area contributed by atoms with Crippen molar-refractivity contribution in [3.63, 3.8) is 0 Å². The molecule has 1 saturated carbocycles. The van der Waals surface area contributed by atoms with Crippen LogP contribution in [-0.4, -0.2) is 31.3 Å². The third-order valence-electron chi connectivity index (χ3n) is 6.65. The molecule has 0 radical (unpaired) electrons. The van der Waals surface area contributed by atoms with E-state index in [0.29, 0.717) is 50.2 Å². The number of hydrogen-bond donors (Lipinski definition) is 3. The molecule has 3 aromatic carbocycles. The number of para-hydroxylation sites is 1. The second kappa shape index (κ2) is 12.3. The molecule has 42 heavy (non-hydrogen) atoms.